The highest BCUT2D eigenvalue weighted by atomic mass is 19.4. The standard InChI is InChI=1S/C24H20F4N2O/c25-23(31-24(26,27)28)15-19(17-6-2-1-3-7-17)10-11-21(23)14-18-8-5-13-30-22(18)20-9-4-12-29-16-20/h1-4,6-7,9-12,14,16H,5,8,13,15H2/b18-14-. The van der Waals surface area contributed by atoms with E-state index >= 15 is 4.39 Å². The van der Waals surface area contributed by atoms with Crippen LogP contribution >= 0.6 is 0 Å². The Morgan fingerprint density at radius 3 is 2.48 bits per heavy atom. The lowest BCUT2D eigenvalue weighted by molar-refractivity contribution is -0.381. The molecule has 31 heavy (non-hydrogen) atoms. The summed E-state index contributed by atoms with van der Waals surface area (Å²) in [6.07, 6.45) is 3.33. The third kappa shape index (κ3) is 4.99. The van der Waals surface area contributed by atoms with Crippen molar-refractivity contribution in [3.05, 3.63) is 95.4 Å². The van der Waals surface area contributed by atoms with Crippen LogP contribution in [-0.2, 0) is 4.74 Å². The molecule has 1 aliphatic carbocycles. The fraction of sp³-hybridized carbons (Fsp3) is 0.250. The van der Waals surface area contributed by atoms with Crippen molar-refractivity contribution < 1.29 is 22.3 Å². The molecule has 3 nitrogen and oxygen atoms in total. The zero-order chi connectivity index (χ0) is 21.9. The molecule has 1 aromatic heterocycles. The fourth-order valence-electron chi connectivity index (χ4n) is 3.79. The number of hydrogen-bond donors (Lipinski definition) is 0. The first-order valence-electron chi connectivity index (χ1n) is 9.92. The van der Waals surface area contributed by atoms with Gasteiger partial charge in [0.15, 0.2) is 0 Å². The number of ether oxygens (including phenoxy) is 1. The maximum Gasteiger partial charge on any atom is 0.525 e. The first kappa shape index (κ1) is 21.2. The highest BCUT2D eigenvalue weighted by Crippen LogP contribution is 2.43. The van der Waals surface area contributed by atoms with Crippen molar-refractivity contribution in [3.63, 3.8) is 0 Å². The van der Waals surface area contributed by atoms with Gasteiger partial charge >= 0.3 is 6.36 Å². The number of alkyl halides is 4. The molecule has 0 amide bonds. The molecule has 1 unspecified atom stereocenters. The minimum atomic E-state index is -5.13. The number of rotatable bonds is 4. The zero-order valence-corrected chi connectivity index (χ0v) is 16.6. The average molecular weight is 428 g/mol. The summed E-state index contributed by atoms with van der Waals surface area (Å²) >= 11 is 0. The molecule has 2 aliphatic rings. The highest BCUT2D eigenvalue weighted by Gasteiger charge is 2.47. The van der Waals surface area contributed by atoms with Gasteiger partial charge in [-0.25, -0.2) is 9.13 Å². The van der Waals surface area contributed by atoms with Crippen LogP contribution in [0.5, 0.6) is 0 Å². The molecule has 0 saturated carbocycles. The molecule has 0 bridgehead atoms. The van der Waals surface area contributed by atoms with Crippen LogP contribution in [0.15, 0.2) is 89.2 Å². The van der Waals surface area contributed by atoms with Gasteiger partial charge in [0.2, 0.25) is 5.85 Å². The van der Waals surface area contributed by atoms with Gasteiger partial charge in [0.1, 0.15) is 0 Å². The highest BCUT2D eigenvalue weighted by molar-refractivity contribution is 6.13. The van der Waals surface area contributed by atoms with Crippen molar-refractivity contribution in [2.75, 3.05) is 6.54 Å². The van der Waals surface area contributed by atoms with Gasteiger partial charge < -0.3 is 0 Å². The van der Waals surface area contributed by atoms with Gasteiger partial charge in [-0.3, -0.25) is 9.98 Å². The van der Waals surface area contributed by atoms with E-state index in [4.69, 9.17) is 0 Å². The third-order valence-electron chi connectivity index (χ3n) is 5.18. The lowest BCUT2D eigenvalue weighted by Crippen LogP contribution is -2.37. The molecular weight excluding hydrogens is 408 g/mol. The van der Waals surface area contributed by atoms with Crippen LogP contribution in [0.25, 0.3) is 5.57 Å². The minimum absolute atomic E-state index is 0.182. The maximum absolute atomic E-state index is 15.8. The van der Waals surface area contributed by atoms with Crippen molar-refractivity contribution in [2.24, 2.45) is 4.99 Å². The Hall–Kier alpha value is -3.06. The van der Waals surface area contributed by atoms with Crippen LogP contribution in [0.1, 0.15) is 30.4 Å². The second-order valence-electron chi connectivity index (χ2n) is 7.38. The second-order valence-corrected chi connectivity index (χ2v) is 7.38. The van der Waals surface area contributed by atoms with Crippen LogP contribution in [0, 0.1) is 0 Å². The molecule has 1 aromatic carbocycles. The number of halogens is 4. The summed E-state index contributed by atoms with van der Waals surface area (Å²) in [5, 5.41) is 0. The van der Waals surface area contributed by atoms with E-state index in [0.29, 0.717) is 35.4 Å². The van der Waals surface area contributed by atoms with Crippen LogP contribution in [0.3, 0.4) is 0 Å². The van der Waals surface area contributed by atoms with Crippen LogP contribution < -0.4 is 0 Å². The molecule has 0 spiro atoms. The lowest BCUT2D eigenvalue weighted by Gasteiger charge is -2.32. The van der Waals surface area contributed by atoms with E-state index in [9.17, 15) is 13.2 Å². The number of allylic oxidation sites excluding steroid dienone is 3. The van der Waals surface area contributed by atoms with Gasteiger partial charge in [0.05, 0.1) is 5.71 Å². The van der Waals surface area contributed by atoms with Crippen molar-refractivity contribution in [1.29, 1.82) is 0 Å². The average Bonchev–Trinajstić information content (AvgIpc) is 2.75. The van der Waals surface area contributed by atoms with Gasteiger partial charge in [0, 0.05) is 36.5 Å². The van der Waals surface area contributed by atoms with Crippen molar-refractivity contribution in [2.45, 2.75) is 31.5 Å². The molecule has 0 radical (unpaired) electrons. The van der Waals surface area contributed by atoms with Crippen molar-refractivity contribution in [3.8, 4) is 0 Å². The molecule has 7 heteroatoms. The van der Waals surface area contributed by atoms with Gasteiger partial charge in [-0.1, -0.05) is 42.5 Å². The van der Waals surface area contributed by atoms with Gasteiger partial charge in [-0.15, -0.1) is 13.2 Å². The summed E-state index contributed by atoms with van der Waals surface area (Å²) in [5.41, 5.74) is 2.92. The predicted octanol–water partition coefficient (Wildman–Crippen LogP) is 6.21. The molecule has 1 atom stereocenters. The number of pyridine rings is 1. The molecule has 0 fully saturated rings. The molecule has 0 N–H and O–H groups in total. The number of aliphatic imine (C=N–C) groups is 1. The van der Waals surface area contributed by atoms with Gasteiger partial charge in [-0.2, -0.15) is 0 Å². The first-order chi connectivity index (χ1) is 14.8. The number of hydrogen-bond acceptors (Lipinski definition) is 3. The van der Waals surface area contributed by atoms with Gasteiger partial charge in [-0.05, 0) is 47.8 Å². The van der Waals surface area contributed by atoms with E-state index in [-0.39, 0.29) is 5.57 Å². The minimum Gasteiger partial charge on any atom is -0.284 e. The monoisotopic (exact) mass is 428 g/mol. The van der Waals surface area contributed by atoms with Gasteiger partial charge in [0.25, 0.3) is 0 Å². The summed E-state index contributed by atoms with van der Waals surface area (Å²) in [4.78, 5) is 8.59. The lowest BCUT2D eigenvalue weighted by atomic mass is 9.86. The Balaban J connectivity index is 1.76. The summed E-state index contributed by atoms with van der Waals surface area (Å²) in [7, 11) is 0. The molecular formula is C24H20F4N2O. The Kier molecular flexibility index (Phi) is 5.87. The molecule has 0 saturated heterocycles. The molecule has 160 valence electrons. The number of benzene rings is 1. The fourth-order valence-corrected chi connectivity index (χ4v) is 3.79. The topological polar surface area (TPSA) is 34.5 Å². The smallest absolute Gasteiger partial charge is 0.284 e. The molecule has 4 rings (SSSR count). The van der Waals surface area contributed by atoms with E-state index in [0.717, 1.165) is 12.0 Å². The normalized spacial score (nSPS) is 23.2. The zero-order valence-electron chi connectivity index (χ0n) is 16.6. The summed E-state index contributed by atoms with van der Waals surface area (Å²) in [6.45, 7) is 0.596. The summed E-state index contributed by atoms with van der Waals surface area (Å²) < 4.78 is 59.3. The van der Waals surface area contributed by atoms with Crippen LogP contribution in [0.2, 0.25) is 0 Å². The van der Waals surface area contributed by atoms with E-state index in [1.807, 2.05) is 6.07 Å². The Morgan fingerprint density at radius 2 is 1.77 bits per heavy atom. The Bertz CT molecular complexity index is 1060. The van der Waals surface area contributed by atoms with Crippen LogP contribution in [0.4, 0.5) is 17.6 Å². The molecule has 2 aromatic rings. The largest absolute Gasteiger partial charge is 0.525 e. The predicted molar refractivity (Wildman–Crippen MR) is 111 cm³/mol. The Morgan fingerprint density at radius 1 is 1.00 bits per heavy atom. The molecule has 2 heterocycles. The third-order valence-corrected chi connectivity index (χ3v) is 5.18. The first-order valence-corrected chi connectivity index (χ1v) is 9.92. The number of aromatic nitrogens is 1. The van der Waals surface area contributed by atoms with E-state index in [1.165, 1.54) is 12.2 Å². The maximum atomic E-state index is 15.8. The molecule has 1 aliphatic heterocycles. The second kappa shape index (κ2) is 8.59. The van der Waals surface area contributed by atoms with Crippen molar-refractivity contribution in [1.82, 2.24) is 4.98 Å². The van der Waals surface area contributed by atoms with Crippen LogP contribution in [-0.4, -0.2) is 29.5 Å². The van der Waals surface area contributed by atoms with E-state index in [2.05, 4.69) is 14.7 Å². The Labute approximate surface area is 177 Å². The quantitative estimate of drug-likeness (QED) is 0.543. The van der Waals surface area contributed by atoms with E-state index < -0.39 is 18.6 Å². The summed E-state index contributed by atoms with van der Waals surface area (Å²) in [6, 6.07) is 12.3. The SMILES string of the molecule is FC(F)(F)OC1(F)CC(c2ccccc2)=CC=C1/C=C1/CCCN=C1c1cccnc1. The van der Waals surface area contributed by atoms with E-state index in [1.54, 1.807) is 54.9 Å². The number of nitrogens with zero attached hydrogens (tertiary/aromatic N) is 2. The summed E-state index contributed by atoms with van der Waals surface area (Å²) in [5.74, 6) is -3.04. The van der Waals surface area contributed by atoms with Crippen molar-refractivity contribution >= 4 is 11.3 Å².